The number of rotatable bonds is 7. The lowest BCUT2D eigenvalue weighted by Crippen LogP contribution is -2.45. The number of hydrogen-bond acceptors (Lipinski definition) is 4. The number of carbonyl (C=O) groups is 2. The third kappa shape index (κ3) is 6.10. The van der Waals surface area contributed by atoms with Gasteiger partial charge in [-0.05, 0) is 60.4 Å². The van der Waals surface area contributed by atoms with Crippen molar-refractivity contribution in [3.63, 3.8) is 0 Å². The molecule has 1 unspecified atom stereocenters. The molecule has 7 nitrogen and oxygen atoms in total. The zero-order chi connectivity index (χ0) is 25.9. The Hall–Kier alpha value is -3.70. The zero-order valence-corrected chi connectivity index (χ0v) is 19.6. The molecule has 1 aliphatic rings. The van der Waals surface area contributed by atoms with Gasteiger partial charge in [-0.15, -0.1) is 0 Å². The van der Waals surface area contributed by atoms with Crippen LogP contribution in [0.4, 0.5) is 24.5 Å². The molecule has 0 saturated carbocycles. The number of fused-ring (bicyclic) bond motifs is 1. The fourth-order valence-electron chi connectivity index (χ4n) is 3.82. The Bertz CT molecular complexity index is 1390. The van der Waals surface area contributed by atoms with Crippen LogP contribution in [0.2, 0.25) is 0 Å². The Labute approximate surface area is 205 Å². The Morgan fingerprint density at radius 3 is 2.44 bits per heavy atom. The summed E-state index contributed by atoms with van der Waals surface area (Å²) < 4.78 is 68.0. The van der Waals surface area contributed by atoms with Crippen molar-refractivity contribution in [2.75, 3.05) is 10.6 Å². The van der Waals surface area contributed by atoms with Crippen LogP contribution in [-0.2, 0) is 38.6 Å². The quantitative estimate of drug-likeness (QED) is 0.439. The highest BCUT2D eigenvalue weighted by Gasteiger charge is 2.31. The maximum Gasteiger partial charge on any atom is 0.416 e. The van der Waals surface area contributed by atoms with E-state index in [0.717, 1.165) is 18.2 Å². The molecule has 0 aromatic heterocycles. The van der Waals surface area contributed by atoms with Crippen LogP contribution >= 0.6 is 0 Å². The summed E-state index contributed by atoms with van der Waals surface area (Å²) in [6.45, 7) is 0. The molecule has 1 heterocycles. The molecule has 1 aliphatic heterocycles. The molecule has 11 heteroatoms. The van der Waals surface area contributed by atoms with Crippen LogP contribution in [0.25, 0.3) is 0 Å². The lowest BCUT2D eigenvalue weighted by atomic mass is 10.0. The highest BCUT2D eigenvalue weighted by Crippen LogP contribution is 2.31. The lowest BCUT2D eigenvalue weighted by Gasteiger charge is -2.21. The first kappa shape index (κ1) is 25.4. The average Bonchev–Trinajstić information content (AvgIpc) is 2.83. The molecule has 2 amide bonds. The summed E-state index contributed by atoms with van der Waals surface area (Å²) in [5.74, 6) is -0.975. The Balaban J connectivity index is 1.60. The van der Waals surface area contributed by atoms with Gasteiger partial charge in [-0.1, -0.05) is 36.4 Å². The van der Waals surface area contributed by atoms with Gasteiger partial charge >= 0.3 is 6.18 Å². The molecule has 0 radical (unpaired) electrons. The van der Waals surface area contributed by atoms with Gasteiger partial charge in [-0.25, -0.2) is 8.42 Å². The Morgan fingerprint density at radius 1 is 0.972 bits per heavy atom. The smallest absolute Gasteiger partial charge is 0.326 e. The molecule has 3 aromatic rings. The minimum absolute atomic E-state index is 0.0359. The number of hydrogen-bond donors (Lipinski definition) is 3. The molecule has 36 heavy (non-hydrogen) atoms. The largest absolute Gasteiger partial charge is 0.416 e. The summed E-state index contributed by atoms with van der Waals surface area (Å²) in [6.07, 6.45) is -4.04. The van der Waals surface area contributed by atoms with E-state index in [2.05, 4.69) is 15.4 Å². The van der Waals surface area contributed by atoms with Crippen molar-refractivity contribution in [1.29, 1.82) is 0 Å². The van der Waals surface area contributed by atoms with Crippen molar-refractivity contribution in [1.82, 2.24) is 4.72 Å². The average molecular weight is 518 g/mol. The summed E-state index contributed by atoms with van der Waals surface area (Å²) in [4.78, 5) is 24.6. The third-order valence-corrected chi connectivity index (χ3v) is 7.11. The molecule has 0 bridgehead atoms. The van der Waals surface area contributed by atoms with E-state index in [9.17, 15) is 31.2 Å². The van der Waals surface area contributed by atoms with Gasteiger partial charge < -0.3 is 10.6 Å². The van der Waals surface area contributed by atoms with E-state index in [0.29, 0.717) is 23.2 Å². The topological polar surface area (TPSA) is 104 Å². The molecule has 1 atom stereocenters. The second kappa shape index (κ2) is 10.1. The highest BCUT2D eigenvalue weighted by molar-refractivity contribution is 7.89. The molecule has 3 N–H and O–H groups in total. The number of halogens is 3. The van der Waals surface area contributed by atoms with Gasteiger partial charge in [0.15, 0.2) is 0 Å². The van der Waals surface area contributed by atoms with Crippen LogP contribution in [0.5, 0.6) is 0 Å². The molecular weight excluding hydrogens is 495 g/mol. The monoisotopic (exact) mass is 517 g/mol. The van der Waals surface area contributed by atoms with Gasteiger partial charge in [-0.3, -0.25) is 9.59 Å². The third-order valence-electron chi connectivity index (χ3n) is 5.64. The predicted molar refractivity (Wildman–Crippen MR) is 128 cm³/mol. The summed E-state index contributed by atoms with van der Waals surface area (Å²) in [6, 6.07) is 15.6. The number of benzene rings is 3. The second-order valence-electron chi connectivity index (χ2n) is 8.30. The number of anilines is 2. The van der Waals surface area contributed by atoms with Crippen LogP contribution in [0.3, 0.4) is 0 Å². The Morgan fingerprint density at radius 2 is 1.72 bits per heavy atom. The minimum Gasteiger partial charge on any atom is -0.326 e. The summed E-state index contributed by atoms with van der Waals surface area (Å²) >= 11 is 0. The van der Waals surface area contributed by atoms with E-state index < -0.39 is 33.7 Å². The molecule has 0 aliphatic carbocycles. The summed E-state index contributed by atoms with van der Waals surface area (Å²) in [5, 5.41) is 5.06. The van der Waals surface area contributed by atoms with E-state index in [1.54, 1.807) is 30.3 Å². The van der Waals surface area contributed by atoms with Crippen LogP contribution in [0.1, 0.15) is 23.1 Å². The highest BCUT2D eigenvalue weighted by atomic mass is 32.2. The van der Waals surface area contributed by atoms with Crippen LogP contribution < -0.4 is 15.4 Å². The van der Waals surface area contributed by atoms with Gasteiger partial charge in [0.25, 0.3) is 0 Å². The number of nitrogens with one attached hydrogen (secondary N) is 3. The van der Waals surface area contributed by atoms with Gasteiger partial charge in [0.2, 0.25) is 21.8 Å². The van der Waals surface area contributed by atoms with E-state index in [4.69, 9.17) is 0 Å². The molecule has 0 saturated heterocycles. The summed E-state index contributed by atoms with van der Waals surface area (Å²) in [7, 11) is -4.20. The summed E-state index contributed by atoms with van der Waals surface area (Å²) in [5.41, 5.74) is 0.759. The van der Waals surface area contributed by atoms with E-state index >= 15 is 0 Å². The molecular formula is C25H22F3N3O4S. The van der Waals surface area contributed by atoms with Crippen LogP contribution in [-0.4, -0.2) is 26.3 Å². The molecule has 3 aromatic carbocycles. The van der Waals surface area contributed by atoms with Crippen molar-refractivity contribution in [2.45, 2.75) is 36.4 Å². The molecule has 4 rings (SSSR count). The number of aryl methyl sites for hydroxylation is 1. The van der Waals surface area contributed by atoms with Gasteiger partial charge in [0.05, 0.1) is 10.5 Å². The maximum absolute atomic E-state index is 13.2. The minimum atomic E-state index is -4.60. The predicted octanol–water partition coefficient (Wildman–Crippen LogP) is 4.12. The fourth-order valence-corrected chi connectivity index (χ4v) is 5.07. The zero-order valence-electron chi connectivity index (χ0n) is 18.8. The SMILES string of the molecule is O=C1CCc2cc(S(=O)(=O)NC(Cc3ccccc3)C(=O)Nc3cccc(C(F)(F)F)c3)ccc2N1. The van der Waals surface area contributed by atoms with Crippen molar-refractivity contribution >= 4 is 33.2 Å². The van der Waals surface area contributed by atoms with Gasteiger partial charge in [-0.2, -0.15) is 17.9 Å². The number of carbonyl (C=O) groups excluding carboxylic acids is 2. The first-order valence-electron chi connectivity index (χ1n) is 11.0. The van der Waals surface area contributed by atoms with Crippen molar-refractivity contribution < 1.29 is 31.2 Å². The van der Waals surface area contributed by atoms with Gasteiger partial charge in [0, 0.05) is 17.8 Å². The lowest BCUT2D eigenvalue weighted by molar-refractivity contribution is -0.137. The van der Waals surface area contributed by atoms with Crippen molar-refractivity contribution in [2.24, 2.45) is 0 Å². The second-order valence-corrected chi connectivity index (χ2v) is 10.0. The molecule has 0 spiro atoms. The van der Waals surface area contributed by atoms with E-state index in [1.807, 2.05) is 0 Å². The van der Waals surface area contributed by atoms with Crippen molar-refractivity contribution in [3.05, 3.63) is 89.5 Å². The number of alkyl halides is 3. The van der Waals surface area contributed by atoms with Gasteiger partial charge in [0.1, 0.15) is 6.04 Å². The van der Waals surface area contributed by atoms with Crippen molar-refractivity contribution in [3.8, 4) is 0 Å². The Kier molecular flexibility index (Phi) is 7.14. The standard InChI is InChI=1S/C25H22F3N3O4S/c26-25(27,28)18-7-4-8-19(15-18)29-24(33)22(13-16-5-2-1-3-6-16)31-36(34,35)20-10-11-21-17(14-20)9-12-23(32)30-21/h1-8,10-11,14-15,22,31H,9,12-13H2,(H,29,33)(H,30,32). The van der Waals surface area contributed by atoms with E-state index in [-0.39, 0.29) is 29.3 Å². The number of amides is 2. The number of sulfonamides is 1. The molecule has 0 fully saturated rings. The first-order chi connectivity index (χ1) is 17.0. The van der Waals surface area contributed by atoms with Crippen LogP contribution in [0.15, 0.2) is 77.7 Å². The molecule has 188 valence electrons. The normalized spacial score (nSPS) is 14.5. The first-order valence-corrected chi connectivity index (χ1v) is 12.5. The maximum atomic E-state index is 13.2. The van der Waals surface area contributed by atoms with Crippen LogP contribution in [0, 0.1) is 0 Å². The van der Waals surface area contributed by atoms with E-state index in [1.165, 1.54) is 24.3 Å². The fraction of sp³-hybridized carbons (Fsp3) is 0.200.